The number of nitrogens with one attached hydrogen (secondary N) is 1. The van der Waals surface area contributed by atoms with Crippen LogP contribution in [0.1, 0.15) is 57.8 Å². The fourth-order valence-electron chi connectivity index (χ4n) is 5.22. The summed E-state index contributed by atoms with van der Waals surface area (Å²) >= 11 is 0. The molecule has 0 radical (unpaired) electrons. The molecule has 0 amide bonds. The van der Waals surface area contributed by atoms with Gasteiger partial charge in [0.25, 0.3) is 0 Å². The first-order chi connectivity index (χ1) is 10.3. The zero-order valence-corrected chi connectivity index (χ0v) is 13.6. The molecule has 1 N–H and O–H groups in total. The van der Waals surface area contributed by atoms with E-state index in [9.17, 15) is 5.26 Å². The van der Waals surface area contributed by atoms with Crippen molar-refractivity contribution in [2.45, 2.75) is 63.3 Å². The summed E-state index contributed by atoms with van der Waals surface area (Å²) in [5, 5.41) is 12.9. The molecule has 0 aromatic rings. The van der Waals surface area contributed by atoms with Crippen molar-refractivity contribution >= 4 is 0 Å². The van der Waals surface area contributed by atoms with Crippen LogP contribution in [-0.2, 0) is 0 Å². The van der Waals surface area contributed by atoms with E-state index in [1.165, 1.54) is 71.0 Å². The van der Waals surface area contributed by atoms with Crippen LogP contribution in [-0.4, -0.2) is 37.1 Å². The molecule has 0 bridgehead atoms. The van der Waals surface area contributed by atoms with E-state index in [0.29, 0.717) is 5.92 Å². The molecule has 0 spiro atoms. The second-order valence-electron chi connectivity index (χ2n) is 7.60. The topological polar surface area (TPSA) is 39.1 Å². The Labute approximate surface area is 130 Å². The molecule has 3 fully saturated rings. The fraction of sp³-hybridized carbons (Fsp3) is 0.944. The van der Waals surface area contributed by atoms with Crippen molar-refractivity contribution in [3.8, 4) is 6.07 Å². The summed E-state index contributed by atoms with van der Waals surface area (Å²) in [5.41, 5.74) is -0.233. The molecule has 0 aromatic heterocycles. The maximum atomic E-state index is 9.55. The molecule has 1 saturated heterocycles. The Balaban J connectivity index is 1.50. The Bertz CT molecular complexity index is 388. The molecule has 3 rings (SSSR count). The summed E-state index contributed by atoms with van der Waals surface area (Å²) in [4.78, 5) is 2.70. The zero-order chi connectivity index (χ0) is 14.7. The van der Waals surface area contributed by atoms with Gasteiger partial charge in [-0.05, 0) is 70.0 Å². The Morgan fingerprint density at radius 1 is 1.14 bits per heavy atom. The molecular weight excluding hydrogens is 258 g/mol. The molecule has 2 aliphatic carbocycles. The van der Waals surface area contributed by atoms with Gasteiger partial charge in [0, 0.05) is 6.54 Å². The Kier molecular flexibility index (Phi) is 4.86. The molecule has 0 aromatic carbocycles. The molecule has 1 heterocycles. The second kappa shape index (κ2) is 6.67. The van der Waals surface area contributed by atoms with Crippen LogP contribution in [0.5, 0.6) is 0 Å². The van der Waals surface area contributed by atoms with Gasteiger partial charge in [-0.15, -0.1) is 0 Å². The van der Waals surface area contributed by atoms with Gasteiger partial charge in [-0.25, -0.2) is 0 Å². The smallest absolute Gasteiger partial charge is 0.109 e. The van der Waals surface area contributed by atoms with Gasteiger partial charge in [-0.3, -0.25) is 0 Å². The van der Waals surface area contributed by atoms with E-state index in [1.54, 1.807) is 0 Å². The maximum Gasteiger partial charge on any atom is 0.109 e. The van der Waals surface area contributed by atoms with E-state index < -0.39 is 0 Å². The van der Waals surface area contributed by atoms with Gasteiger partial charge in [0.05, 0.1) is 6.07 Å². The van der Waals surface area contributed by atoms with E-state index in [1.807, 2.05) is 7.05 Å². The summed E-state index contributed by atoms with van der Waals surface area (Å²) in [6.45, 7) is 3.84. The molecule has 3 nitrogen and oxygen atoms in total. The number of hydrogen-bond donors (Lipinski definition) is 1. The van der Waals surface area contributed by atoms with Crippen LogP contribution in [0.25, 0.3) is 0 Å². The molecular formula is C18H31N3. The Morgan fingerprint density at radius 3 is 2.71 bits per heavy atom. The first-order valence-corrected chi connectivity index (χ1v) is 9.10. The van der Waals surface area contributed by atoms with Crippen LogP contribution in [0.4, 0.5) is 0 Å². The first kappa shape index (κ1) is 15.3. The highest BCUT2D eigenvalue weighted by atomic mass is 15.1. The third-order valence-corrected chi connectivity index (χ3v) is 6.64. The number of rotatable bonds is 4. The van der Waals surface area contributed by atoms with Gasteiger partial charge in [0.2, 0.25) is 0 Å². The van der Waals surface area contributed by atoms with Gasteiger partial charge in [-0.2, -0.15) is 5.26 Å². The van der Waals surface area contributed by atoms with Crippen molar-refractivity contribution < 1.29 is 0 Å². The average molecular weight is 289 g/mol. The van der Waals surface area contributed by atoms with Gasteiger partial charge in [0.1, 0.15) is 5.54 Å². The van der Waals surface area contributed by atoms with Crippen molar-refractivity contribution in [2.75, 3.05) is 26.7 Å². The molecule has 1 aliphatic heterocycles. The lowest BCUT2D eigenvalue weighted by atomic mass is 9.75. The van der Waals surface area contributed by atoms with E-state index in [4.69, 9.17) is 0 Å². The summed E-state index contributed by atoms with van der Waals surface area (Å²) in [7, 11) is 1.97. The summed E-state index contributed by atoms with van der Waals surface area (Å²) in [5.74, 6) is 2.55. The lowest BCUT2D eigenvalue weighted by Gasteiger charge is -2.42. The third kappa shape index (κ3) is 3.12. The Hall–Kier alpha value is -0.590. The van der Waals surface area contributed by atoms with Gasteiger partial charge in [0.15, 0.2) is 0 Å². The van der Waals surface area contributed by atoms with Crippen molar-refractivity contribution in [3.63, 3.8) is 0 Å². The Morgan fingerprint density at radius 2 is 1.95 bits per heavy atom. The van der Waals surface area contributed by atoms with E-state index in [0.717, 1.165) is 18.3 Å². The van der Waals surface area contributed by atoms with Crippen molar-refractivity contribution in [1.82, 2.24) is 10.2 Å². The van der Waals surface area contributed by atoms with E-state index >= 15 is 0 Å². The standard InChI is InChI=1S/C18H31N3/c1-20-18(14-19)10-4-7-17(18)9-12-21-11-8-15-5-2-3-6-16(15)13-21/h15-17,20H,2-13H2,1H3. The highest BCUT2D eigenvalue weighted by molar-refractivity contribution is 5.13. The molecule has 4 unspecified atom stereocenters. The lowest BCUT2D eigenvalue weighted by Crippen LogP contribution is -2.47. The zero-order valence-electron chi connectivity index (χ0n) is 13.6. The largest absolute Gasteiger partial charge is 0.303 e. The highest BCUT2D eigenvalue weighted by Gasteiger charge is 2.42. The number of likely N-dealkylation sites (tertiary alicyclic amines) is 1. The molecule has 2 saturated carbocycles. The van der Waals surface area contributed by atoms with Crippen LogP contribution in [0.15, 0.2) is 0 Å². The quantitative estimate of drug-likeness (QED) is 0.864. The van der Waals surface area contributed by atoms with Crippen molar-refractivity contribution in [2.24, 2.45) is 17.8 Å². The van der Waals surface area contributed by atoms with Gasteiger partial charge in [-0.1, -0.05) is 25.7 Å². The number of piperidine rings is 1. The predicted molar refractivity (Wildman–Crippen MR) is 85.9 cm³/mol. The minimum atomic E-state index is -0.233. The van der Waals surface area contributed by atoms with Crippen molar-refractivity contribution in [3.05, 3.63) is 0 Å². The molecule has 3 aliphatic rings. The molecule has 21 heavy (non-hydrogen) atoms. The van der Waals surface area contributed by atoms with Crippen molar-refractivity contribution in [1.29, 1.82) is 5.26 Å². The van der Waals surface area contributed by atoms with E-state index in [2.05, 4.69) is 16.3 Å². The summed E-state index contributed by atoms with van der Waals surface area (Å²) in [6, 6.07) is 2.58. The molecule has 4 atom stereocenters. The molecule has 3 heteroatoms. The predicted octanol–water partition coefficient (Wildman–Crippen LogP) is 3.17. The van der Waals surface area contributed by atoms with Crippen LogP contribution < -0.4 is 5.32 Å². The second-order valence-corrected chi connectivity index (χ2v) is 7.60. The number of nitriles is 1. The number of hydrogen-bond acceptors (Lipinski definition) is 3. The number of nitrogens with zero attached hydrogens (tertiary/aromatic N) is 2. The van der Waals surface area contributed by atoms with Crippen LogP contribution in [0.3, 0.4) is 0 Å². The number of fused-ring (bicyclic) bond motifs is 1. The summed E-state index contributed by atoms with van der Waals surface area (Å²) in [6.07, 6.45) is 12.0. The van der Waals surface area contributed by atoms with E-state index in [-0.39, 0.29) is 5.54 Å². The third-order valence-electron chi connectivity index (χ3n) is 6.64. The van der Waals surface area contributed by atoms with Crippen LogP contribution >= 0.6 is 0 Å². The normalized spacial score (nSPS) is 40.7. The first-order valence-electron chi connectivity index (χ1n) is 9.10. The minimum absolute atomic E-state index is 0.233. The van der Waals surface area contributed by atoms with Gasteiger partial charge < -0.3 is 10.2 Å². The maximum absolute atomic E-state index is 9.55. The average Bonchev–Trinajstić information content (AvgIpc) is 2.96. The lowest BCUT2D eigenvalue weighted by molar-refractivity contribution is 0.0806. The monoisotopic (exact) mass is 289 g/mol. The SMILES string of the molecule is CNC1(C#N)CCCC1CCN1CCC2CCCCC2C1. The summed E-state index contributed by atoms with van der Waals surface area (Å²) < 4.78 is 0. The fourth-order valence-corrected chi connectivity index (χ4v) is 5.22. The van der Waals surface area contributed by atoms with Crippen LogP contribution in [0.2, 0.25) is 0 Å². The highest BCUT2D eigenvalue weighted by Crippen LogP contribution is 2.39. The molecule has 118 valence electrons. The van der Waals surface area contributed by atoms with Gasteiger partial charge >= 0.3 is 0 Å². The minimum Gasteiger partial charge on any atom is -0.303 e. The van der Waals surface area contributed by atoms with Crippen LogP contribution in [0, 0.1) is 29.1 Å².